The molecule has 0 N–H and O–H groups in total. The second-order valence-corrected chi connectivity index (χ2v) is 7.03. The van der Waals surface area contributed by atoms with E-state index in [1.165, 1.54) is 16.9 Å². The van der Waals surface area contributed by atoms with Gasteiger partial charge in [0.15, 0.2) is 0 Å². The Bertz CT molecular complexity index is 499. The summed E-state index contributed by atoms with van der Waals surface area (Å²) in [6.07, 6.45) is 1.11. The van der Waals surface area contributed by atoms with E-state index in [-0.39, 0.29) is 5.38 Å². The Labute approximate surface area is 123 Å². The van der Waals surface area contributed by atoms with Gasteiger partial charge in [-0.2, -0.15) is 0 Å². The van der Waals surface area contributed by atoms with Crippen LogP contribution in [0.15, 0.2) is 36.4 Å². The number of rotatable bonds is 4. The maximum absolute atomic E-state index is 6.45. The second kappa shape index (κ2) is 6.10. The third kappa shape index (κ3) is 3.50. The van der Waals surface area contributed by atoms with Crippen LogP contribution in [0.25, 0.3) is 0 Å². The standard InChI is InChI=1S/C15H16Cl2S/c1-10(2)9-11-3-5-12(6-4-11)15(17)13-7-8-14(16)18-13/h3-8,10,15H,9H2,1-2H3. The summed E-state index contributed by atoms with van der Waals surface area (Å²) < 4.78 is 0.784. The molecule has 0 aliphatic heterocycles. The minimum Gasteiger partial charge on any atom is -0.127 e. The Hall–Kier alpha value is -0.500. The van der Waals surface area contributed by atoms with Gasteiger partial charge in [-0.25, -0.2) is 0 Å². The summed E-state index contributed by atoms with van der Waals surface area (Å²) in [6.45, 7) is 4.46. The molecule has 0 spiro atoms. The highest BCUT2D eigenvalue weighted by Crippen LogP contribution is 2.35. The number of thiophene rings is 1. The van der Waals surface area contributed by atoms with E-state index in [4.69, 9.17) is 23.2 Å². The lowest BCUT2D eigenvalue weighted by Gasteiger charge is -2.10. The Kier molecular flexibility index (Phi) is 4.71. The van der Waals surface area contributed by atoms with Crippen LogP contribution in [-0.2, 0) is 6.42 Å². The summed E-state index contributed by atoms with van der Waals surface area (Å²) in [5.74, 6) is 0.679. The molecule has 0 bridgehead atoms. The summed E-state index contributed by atoms with van der Waals surface area (Å²) in [5, 5.41) is -0.101. The van der Waals surface area contributed by atoms with Crippen molar-refractivity contribution >= 4 is 34.5 Å². The molecule has 0 saturated heterocycles. The monoisotopic (exact) mass is 298 g/mol. The average Bonchev–Trinajstić information content (AvgIpc) is 2.75. The molecule has 1 heterocycles. The molecule has 0 fully saturated rings. The molecule has 1 atom stereocenters. The van der Waals surface area contributed by atoms with Crippen molar-refractivity contribution in [1.29, 1.82) is 0 Å². The fourth-order valence-corrected chi connectivity index (χ4v) is 3.34. The Morgan fingerprint density at radius 2 is 1.72 bits per heavy atom. The molecule has 18 heavy (non-hydrogen) atoms. The van der Waals surface area contributed by atoms with E-state index in [0.717, 1.165) is 21.2 Å². The minimum absolute atomic E-state index is 0.101. The summed E-state index contributed by atoms with van der Waals surface area (Å²) in [4.78, 5) is 1.10. The van der Waals surface area contributed by atoms with Crippen LogP contribution in [0.4, 0.5) is 0 Å². The fourth-order valence-electron chi connectivity index (χ4n) is 1.92. The van der Waals surface area contributed by atoms with Crippen molar-refractivity contribution in [3.8, 4) is 0 Å². The number of halogens is 2. The molecule has 0 amide bonds. The first-order valence-corrected chi connectivity index (χ1v) is 7.67. The molecular weight excluding hydrogens is 283 g/mol. The molecular formula is C15H16Cl2S. The van der Waals surface area contributed by atoms with Gasteiger partial charge in [0.05, 0.1) is 9.71 Å². The minimum atomic E-state index is -0.101. The zero-order valence-corrected chi connectivity index (χ0v) is 12.8. The summed E-state index contributed by atoms with van der Waals surface area (Å²) in [6, 6.07) is 12.4. The van der Waals surface area contributed by atoms with Crippen LogP contribution in [0, 0.1) is 5.92 Å². The maximum atomic E-state index is 6.45. The van der Waals surface area contributed by atoms with Gasteiger partial charge in [-0.3, -0.25) is 0 Å². The van der Waals surface area contributed by atoms with Crippen LogP contribution >= 0.6 is 34.5 Å². The van der Waals surface area contributed by atoms with Gasteiger partial charge < -0.3 is 0 Å². The van der Waals surface area contributed by atoms with E-state index in [2.05, 4.69) is 38.1 Å². The zero-order chi connectivity index (χ0) is 13.1. The van der Waals surface area contributed by atoms with Crippen molar-refractivity contribution < 1.29 is 0 Å². The van der Waals surface area contributed by atoms with Crippen LogP contribution in [0.2, 0.25) is 4.34 Å². The maximum Gasteiger partial charge on any atom is 0.0931 e. The van der Waals surface area contributed by atoms with Crippen LogP contribution in [0.1, 0.15) is 35.2 Å². The SMILES string of the molecule is CC(C)Cc1ccc(C(Cl)c2ccc(Cl)s2)cc1. The highest BCUT2D eigenvalue weighted by atomic mass is 35.5. The van der Waals surface area contributed by atoms with Crippen LogP contribution in [0.5, 0.6) is 0 Å². The predicted octanol–water partition coefficient (Wildman–Crippen LogP) is 5.93. The quantitative estimate of drug-likeness (QED) is 0.614. The van der Waals surface area contributed by atoms with Crippen molar-refractivity contribution in [2.75, 3.05) is 0 Å². The molecule has 1 aromatic heterocycles. The molecule has 0 aliphatic rings. The van der Waals surface area contributed by atoms with E-state index in [9.17, 15) is 0 Å². The number of hydrogen-bond acceptors (Lipinski definition) is 1. The molecule has 2 rings (SSSR count). The lowest BCUT2D eigenvalue weighted by Crippen LogP contribution is -1.95. The molecule has 1 aromatic carbocycles. The molecule has 3 heteroatoms. The van der Waals surface area contributed by atoms with Gasteiger partial charge in [0, 0.05) is 4.88 Å². The predicted molar refractivity (Wildman–Crippen MR) is 82.0 cm³/mol. The van der Waals surface area contributed by atoms with Gasteiger partial charge in [0.25, 0.3) is 0 Å². The second-order valence-electron chi connectivity index (χ2n) is 4.84. The highest BCUT2D eigenvalue weighted by Gasteiger charge is 2.13. The molecule has 96 valence electrons. The van der Waals surface area contributed by atoms with E-state index in [0.29, 0.717) is 5.92 Å². The van der Waals surface area contributed by atoms with Crippen molar-refractivity contribution in [2.45, 2.75) is 25.6 Å². The number of hydrogen-bond donors (Lipinski definition) is 0. The van der Waals surface area contributed by atoms with Gasteiger partial charge in [0.2, 0.25) is 0 Å². The van der Waals surface area contributed by atoms with E-state index >= 15 is 0 Å². The fraction of sp³-hybridized carbons (Fsp3) is 0.333. The normalized spacial score (nSPS) is 12.9. The van der Waals surface area contributed by atoms with Gasteiger partial charge in [0.1, 0.15) is 0 Å². The van der Waals surface area contributed by atoms with Gasteiger partial charge in [-0.05, 0) is 35.6 Å². The smallest absolute Gasteiger partial charge is 0.0931 e. The third-order valence-electron chi connectivity index (χ3n) is 2.76. The van der Waals surface area contributed by atoms with Crippen LogP contribution in [-0.4, -0.2) is 0 Å². The largest absolute Gasteiger partial charge is 0.127 e. The van der Waals surface area contributed by atoms with Crippen LogP contribution < -0.4 is 0 Å². The van der Waals surface area contributed by atoms with E-state index in [1.807, 2.05) is 12.1 Å². The topological polar surface area (TPSA) is 0 Å². The zero-order valence-electron chi connectivity index (χ0n) is 10.5. The summed E-state index contributed by atoms with van der Waals surface area (Å²) in [5.41, 5.74) is 2.49. The average molecular weight is 299 g/mol. The van der Waals surface area contributed by atoms with Crippen molar-refractivity contribution in [3.05, 3.63) is 56.7 Å². The molecule has 0 saturated carbocycles. The lowest BCUT2D eigenvalue weighted by atomic mass is 10.0. The molecule has 0 nitrogen and oxygen atoms in total. The summed E-state index contributed by atoms with van der Waals surface area (Å²) >= 11 is 13.9. The lowest BCUT2D eigenvalue weighted by molar-refractivity contribution is 0.647. The van der Waals surface area contributed by atoms with E-state index in [1.54, 1.807) is 0 Å². The van der Waals surface area contributed by atoms with Crippen molar-refractivity contribution in [1.82, 2.24) is 0 Å². The summed E-state index contributed by atoms with van der Waals surface area (Å²) in [7, 11) is 0. The third-order valence-corrected chi connectivity index (χ3v) is 4.67. The Morgan fingerprint density at radius 3 is 2.22 bits per heavy atom. The molecule has 2 aromatic rings. The van der Waals surface area contributed by atoms with Gasteiger partial charge in [-0.15, -0.1) is 22.9 Å². The van der Waals surface area contributed by atoms with Crippen molar-refractivity contribution in [3.63, 3.8) is 0 Å². The molecule has 1 unspecified atom stereocenters. The van der Waals surface area contributed by atoms with Gasteiger partial charge in [-0.1, -0.05) is 49.7 Å². The first-order valence-electron chi connectivity index (χ1n) is 6.04. The highest BCUT2D eigenvalue weighted by molar-refractivity contribution is 7.16. The van der Waals surface area contributed by atoms with Gasteiger partial charge >= 0.3 is 0 Å². The first-order chi connectivity index (χ1) is 8.56. The van der Waals surface area contributed by atoms with Crippen LogP contribution in [0.3, 0.4) is 0 Å². The Morgan fingerprint density at radius 1 is 1.06 bits per heavy atom. The Balaban J connectivity index is 2.14. The molecule has 0 radical (unpaired) electrons. The first kappa shape index (κ1) is 13.9. The van der Waals surface area contributed by atoms with E-state index < -0.39 is 0 Å². The molecule has 0 aliphatic carbocycles. The number of benzene rings is 1. The number of alkyl halides is 1. The van der Waals surface area contributed by atoms with Crippen molar-refractivity contribution in [2.24, 2.45) is 5.92 Å².